The second-order valence-corrected chi connectivity index (χ2v) is 21.5. The van der Waals surface area contributed by atoms with E-state index in [9.17, 15) is 66.4 Å². The number of hydrogen-bond donors (Lipinski definition) is 13. The fourth-order valence-electron chi connectivity index (χ4n) is 14.0. The van der Waals surface area contributed by atoms with Gasteiger partial charge in [-0.3, -0.25) is 0 Å². The first-order valence-electron chi connectivity index (χ1n) is 24.1. The van der Waals surface area contributed by atoms with Crippen molar-refractivity contribution in [2.75, 3.05) is 33.5 Å². The first kappa shape index (κ1) is 52.2. The van der Waals surface area contributed by atoms with Crippen LogP contribution in [0.25, 0.3) is 0 Å². The summed E-state index contributed by atoms with van der Waals surface area (Å²) in [6.07, 6.45) is -19.6. The first-order chi connectivity index (χ1) is 31.7. The molecule has 0 spiro atoms. The molecule has 4 aliphatic heterocycles. The fraction of sp³-hybridized carbons (Fsp3) is 0.957. The van der Waals surface area contributed by atoms with E-state index in [4.69, 9.17) is 37.9 Å². The molecule has 8 rings (SSSR count). The number of ether oxygens (including phenoxy) is 8. The Labute approximate surface area is 390 Å². The Morgan fingerprint density at radius 2 is 1.30 bits per heavy atom. The molecule has 0 radical (unpaired) electrons. The highest BCUT2D eigenvalue weighted by molar-refractivity contribution is 5.28. The lowest BCUT2D eigenvalue weighted by atomic mass is 9.46. The third-order valence-electron chi connectivity index (χ3n) is 17.8. The minimum Gasteiger partial charge on any atom is -0.394 e. The lowest BCUT2D eigenvalue weighted by Crippen LogP contribution is -2.65. The number of rotatable bonds is 14. The topological polar surface area (TPSA) is 337 Å². The fourth-order valence-corrected chi connectivity index (χ4v) is 14.0. The predicted molar refractivity (Wildman–Crippen MR) is 227 cm³/mol. The minimum atomic E-state index is -1.80. The molecule has 0 aromatic carbocycles. The summed E-state index contributed by atoms with van der Waals surface area (Å²) in [5.74, 6) is -1.02. The molecule has 386 valence electrons. The van der Waals surface area contributed by atoms with Crippen LogP contribution in [-0.2, 0) is 37.9 Å². The first-order valence-corrected chi connectivity index (χ1v) is 24.1. The second-order valence-electron chi connectivity index (χ2n) is 21.5. The molecule has 8 aliphatic rings. The quantitative estimate of drug-likeness (QED) is 0.0760. The molecular weight excluding hydrogens is 888 g/mol. The molecule has 0 aromatic rings. The van der Waals surface area contributed by atoms with Crippen molar-refractivity contribution in [3.05, 3.63) is 11.6 Å². The summed E-state index contributed by atoms with van der Waals surface area (Å²) in [7, 11) is 1.63. The van der Waals surface area contributed by atoms with Gasteiger partial charge in [0.15, 0.2) is 24.7 Å². The molecule has 4 aliphatic carbocycles. The van der Waals surface area contributed by atoms with Gasteiger partial charge in [0, 0.05) is 25.4 Å². The number of aliphatic hydroxyl groups is 13. The zero-order valence-corrected chi connectivity index (χ0v) is 38.9. The van der Waals surface area contributed by atoms with E-state index < -0.39 is 148 Å². The third-order valence-corrected chi connectivity index (χ3v) is 17.8. The van der Waals surface area contributed by atoms with Crippen LogP contribution in [0.1, 0.15) is 72.6 Å². The molecule has 0 aromatic heterocycles. The van der Waals surface area contributed by atoms with Gasteiger partial charge < -0.3 is 104 Å². The van der Waals surface area contributed by atoms with Crippen molar-refractivity contribution in [3.8, 4) is 0 Å². The summed E-state index contributed by atoms with van der Waals surface area (Å²) < 4.78 is 47.6. The van der Waals surface area contributed by atoms with Crippen molar-refractivity contribution in [2.45, 2.75) is 195 Å². The van der Waals surface area contributed by atoms with Gasteiger partial charge >= 0.3 is 0 Å². The van der Waals surface area contributed by atoms with Gasteiger partial charge in [-0.25, -0.2) is 0 Å². The van der Waals surface area contributed by atoms with Crippen LogP contribution >= 0.6 is 0 Å². The van der Waals surface area contributed by atoms with Crippen molar-refractivity contribution in [1.29, 1.82) is 0 Å². The number of fused-ring (bicyclic) bond motifs is 7. The predicted octanol–water partition coefficient (Wildman–Crippen LogP) is -3.26. The van der Waals surface area contributed by atoms with Crippen molar-refractivity contribution in [1.82, 2.24) is 0 Å². The van der Waals surface area contributed by atoms with Gasteiger partial charge in [-0.05, 0) is 73.0 Å². The maximum absolute atomic E-state index is 12.4. The van der Waals surface area contributed by atoms with Gasteiger partial charge in [0.1, 0.15) is 73.2 Å². The van der Waals surface area contributed by atoms with Gasteiger partial charge in [0.05, 0.1) is 50.8 Å². The van der Waals surface area contributed by atoms with Crippen LogP contribution in [0.3, 0.4) is 0 Å². The lowest BCUT2D eigenvalue weighted by molar-refractivity contribution is -0.365. The van der Waals surface area contributed by atoms with E-state index in [1.165, 1.54) is 0 Å². The molecule has 4 saturated heterocycles. The van der Waals surface area contributed by atoms with E-state index >= 15 is 0 Å². The molecule has 4 heterocycles. The molecule has 0 bridgehead atoms. The summed E-state index contributed by atoms with van der Waals surface area (Å²) in [4.78, 5) is 0. The summed E-state index contributed by atoms with van der Waals surface area (Å²) in [5.41, 5.74) is 0.356. The smallest absolute Gasteiger partial charge is 0.187 e. The molecular formula is C46H76O21. The molecule has 21 heteroatoms. The van der Waals surface area contributed by atoms with E-state index in [0.29, 0.717) is 32.1 Å². The highest BCUT2D eigenvalue weighted by Crippen LogP contribution is 2.70. The van der Waals surface area contributed by atoms with Crippen molar-refractivity contribution >= 4 is 0 Å². The zero-order valence-electron chi connectivity index (χ0n) is 38.9. The van der Waals surface area contributed by atoms with Crippen LogP contribution in [0.5, 0.6) is 0 Å². The lowest BCUT2D eigenvalue weighted by Gasteiger charge is -2.59. The van der Waals surface area contributed by atoms with Gasteiger partial charge in [-0.15, -0.1) is 0 Å². The van der Waals surface area contributed by atoms with Gasteiger partial charge in [0.2, 0.25) is 0 Å². The summed E-state index contributed by atoms with van der Waals surface area (Å²) in [5, 5.41) is 138. The third kappa shape index (κ3) is 8.90. The van der Waals surface area contributed by atoms with Gasteiger partial charge in [0.25, 0.3) is 0 Å². The number of methoxy groups -OCH3 is 1. The van der Waals surface area contributed by atoms with E-state index in [-0.39, 0.29) is 47.5 Å². The molecule has 28 atom stereocenters. The monoisotopic (exact) mass is 964 g/mol. The Kier molecular flexibility index (Phi) is 15.6. The zero-order chi connectivity index (χ0) is 48.7. The van der Waals surface area contributed by atoms with Crippen LogP contribution in [0, 0.1) is 46.3 Å². The maximum atomic E-state index is 12.4. The van der Waals surface area contributed by atoms with Crippen molar-refractivity contribution in [2.24, 2.45) is 46.3 Å². The molecule has 67 heavy (non-hydrogen) atoms. The number of allylic oxidation sites excluding steroid dienone is 1. The standard InChI is InChI=1S/C46H76O21/c1-18(17-61-41-36(57)33(54)30(51)25(14-47)63-41)8-11-46(60-5)19(2)28-40(67-46)32(53)29-21-7-6-20-12-24(23(50)13-45(20,4)22(21)9-10-44(28,29)3)62-42-38(59)35(56)39(27(16-49)65-42)66-43-37(58)34(55)31(52)26(15-48)64-43/h6,18-19,21-43,47-59H,7-17H2,1-5H3. The maximum Gasteiger partial charge on any atom is 0.187 e. The average molecular weight is 965 g/mol. The normalized spacial score (nSPS) is 54.7. The molecule has 0 amide bonds. The highest BCUT2D eigenvalue weighted by atomic mass is 16.7. The summed E-state index contributed by atoms with van der Waals surface area (Å²) in [6.45, 7) is 6.71. The van der Waals surface area contributed by atoms with Crippen molar-refractivity contribution < 1.29 is 104 Å². The van der Waals surface area contributed by atoms with Crippen molar-refractivity contribution in [3.63, 3.8) is 0 Å². The summed E-state index contributed by atoms with van der Waals surface area (Å²) in [6, 6.07) is 0. The van der Waals surface area contributed by atoms with Crippen LogP contribution in [0.15, 0.2) is 11.6 Å². The number of hydrogen-bond acceptors (Lipinski definition) is 21. The Balaban J connectivity index is 0.894. The molecule has 28 unspecified atom stereocenters. The van der Waals surface area contributed by atoms with E-state index in [0.717, 1.165) is 18.4 Å². The molecule has 3 saturated carbocycles. The van der Waals surface area contributed by atoms with E-state index in [2.05, 4.69) is 26.8 Å². The highest BCUT2D eigenvalue weighted by Gasteiger charge is 2.72. The average Bonchev–Trinajstić information content (AvgIpc) is 3.73. The van der Waals surface area contributed by atoms with Crippen LogP contribution in [0.4, 0.5) is 0 Å². The van der Waals surface area contributed by atoms with Crippen LogP contribution in [-0.4, -0.2) is 222 Å². The SMILES string of the molecule is COC1(CCC(C)COC2OC(CO)C(O)C(O)C2O)OC2C(O)C3C4CC=C5CC(OC6OC(CO)C(OC7OC(CO)C(O)C(O)C7O)C(O)C6O)C(O)CC5(C)C4CCC3(C)C2C1C. The second kappa shape index (κ2) is 20.1. The molecule has 21 nitrogen and oxygen atoms in total. The van der Waals surface area contributed by atoms with Gasteiger partial charge in [-0.1, -0.05) is 39.3 Å². The Hall–Kier alpha value is -1.10. The Bertz CT molecular complexity index is 1710. The van der Waals surface area contributed by atoms with Crippen LogP contribution < -0.4 is 0 Å². The minimum absolute atomic E-state index is 0.00999. The van der Waals surface area contributed by atoms with E-state index in [1.807, 2.05) is 6.92 Å². The number of aliphatic hydroxyl groups excluding tert-OH is 13. The van der Waals surface area contributed by atoms with Gasteiger partial charge in [-0.2, -0.15) is 0 Å². The van der Waals surface area contributed by atoms with Crippen LogP contribution in [0.2, 0.25) is 0 Å². The summed E-state index contributed by atoms with van der Waals surface area (Å²) >= 11 is 0. The largest absolute Gasteiger partial charge is 0.394 e. The molecule has 7 fully saturated rings. The Morgan fingerprint density at radius 3 is 1.93 bits per heavy atom. The van der Waals surface area contributed by atoms with E-state index in [1.54, 1.807) is 7.11 Å². The Morgan fingerprint density at radius 1 is 0.716 bits per heavy atom. The molecule has 13 N–H and O–H groups in total.